The maximum atomic E-state index is 12.4. The largest absolute Gasteiger partial charge is 0.387 e. The normalized spacial score (nSPS) is 9.81. The predicted octanol–water partition coefficient (Wildman–Crippen LogP) is 3.81. The maximum Gasteiger partial charge on any atom is 0.257 e. The molecule has 2 N–H and O–H groups in total. The zero-order valence-corrected chi connectivity index (χ0v) is 12.5. The summed E-state index contributed by atoms with van der Waals surface area (Å²) in [5.74, 6) is -0.293. The predicted molar refractivity (Wildman–Crippen MR) is 84.8 cm³/mol. The van der Waals surface area contributed by atoms with E-state index in [-0.39, 0.29) is 5.91 Å². The first-order valence-electron chi connectivity index (χ1n) is 6.34. The highest BCUT2D eigenvalue weighted by molar-refractivity contribution is 6.31. The van der Waals surface area contributed by atoms with E-state index in [0.29, 0.717) is 21.8 Å². The lowest BCUT2D eigenvalue weighted by molar-refractivity contribution is 0.102. The fourth-order valence-corrected chi connectivity index (χ4v) is 2.14. The van der Waals surface area contributed by atoms with Crippen molar-refractivity contribution in [3.8, 4) is 6.07 Å². The molecule has 0 heterocycles. The molecule has 0 saturated heterocycles. The molecule has 1 amide bonds. The summed E-state index contributed by atoms with van der Waals surface area (Å²) >= 11 is 5.91. The van der Waals surface area contributed by atoms with Gasteiger partial charge in [0.15, 0.2) is 0 Å². The number of nitriles is 1. The van der Waals surface area contributed by atoms with Crippen molar-refractivity contribution in [2.24, 2.45) is 0 Å². The summed E-state index contributed by atoms with van der Waals surface area (Å²) in [6.45, 7) is 1.95. The number of carbonyl (C=O) groups is 1. The van der Waals surface area contributed by atoms with E-state index in [1.54, 1.807) is 31.3 Å². The highest BCUT2D eigenvalue weighted by atomic mass is 35.5. The molecular weight excluding hydrogens is 286 g/mol. The summed E-state index contributed by atoms with van der Waals surface area (Å²) in [6, 6.07) is 12.3. The average molecular weight is 300 g/mol. The van der Waals surface area contributed by atoms with Crippen LogP contribution in [0.5, 0.6) is 0 Å². The van der Waals surface area contributed by atoms with Crippen molar-refractivity contribution in [2.75, 3.05) is 17.7 Å². The molecule has 0 aromatic heterocycles. The molecule has 0 aliphatic carbocycles. The Labute approximate surface area is 128 Å². The van der Waals surface area contributed by atoms with Crippen molar-refractivity contribution in [1.29, 1.82) is 5.26 Å². The van der Waals surface area contributed by atoms with E-state index in [2.05, 4.69) is 10.6 Å². The number of benzene rings is 2. The van der Waals surface area contributed by atoms with Crippen molar-refractivity contribution in [1.82, 2.24) is 0 Å². The lowest BCUT2D eigenvalue weighted by Crippen LogP contribution is -2.15. The van der Waals surface area contributed by atoms with Gasteiger partial charge in [0, 0.05) is 17.8 Å². The van der Waals surface area contributed by atoms with Gasteiger partial charge in [-0.05, 0) is 42.8 Å². The molecule has 0 aliphatic heterocycles. The van der Waals surface area contributed by atoms with Gasteiger partial charge in [-0.1, -0.05) is 17.7 Å². The standard InChI is InChI=1S/C16H14ClN3O/c1-10-3-6-13(15(7-10)19-2)16(21)20-14-8-12(17)5-4-11(14)9-18/h3-8,19H,1-2H3,(H,20,21). The van der Waals surface area contributed by atoms with E-state index in [9.17, 15) is 4.79 Å². The molecule has 2 aromatic carbocycles. The first-order valence-corrected chi connectivity index (χ1v) is 6.72. The van der Waals surface area contributed by atoms with Gasteiger partial charge < -0.3 is 10.6 Å². The Kier molecular flexibility index (Phi) is 4.46. The lowest BCUT2D eigenvalue weighted by atomic mass is 10.1. The summed E-state index contributed by atoms with van der Waals surface area (Å²) in [7, 11) is 1.76. The summed E-state index contributed by atoms with van der Waals surface area (Å²) in [4.78, 5) is 12.4. The number of amides is 1. The molecule has 4 nitrogen and oxygen atoms in total. The van der Waals surface area contributed by atoms with Gasteiger partial charge in [0.05, 0.1) is 16.8 Å². The average Bonchev–Trinajstić information content (AvgIpc) is 2.47. The highest BCUT2D eigenvalue weighted by Gasteiger charge is 2.13. The summed E-state index contributed by atoms with van der Waals surface area (Å²) in [5, 5.41) is 15.3. The smallest absolute Gasteiger partial charge is 0.257 e. The van der Waals surface area contributed by atoms with Crippen LogP contribution in [0.3, 0.4) is 0 Å². The number of aryl methyl sites for hydroxylation is 1. The van der Waals surface area contributed by atoms with Crippen LogP contribution in [0, 0.1) is 18.3 Å². The maximum absolute atomic E-state index is 12.4. The minimum Gasteiger partial charge on any atom is -0.387 e. The van der Waals surface area contributed by atoms with Crippen molar-refractivity contribution in [3.05, 3.63) is 58.1 Å². The Bertz CT molecular complexity index is 735. The third-order valence-electron chi connectivity index (χ3n) is 3.04. The summed E-state index contributed by atoms with van der Waals surface area (Å²) in [5.41, 5.74) is 3.06. The molecule has 106 valence electrons. The zero-order valence-electron chi connectivity index (χ0n) is 11.7. The number of rotatable bonds is 3. The van der Waals surface area contributed by atoms with Crippen LogP contribution in [0.25, 0.3) is 0 Å². The lowest BCUT2D eigenvalue weighted by Gasteiger charge is -2.11. The van der Waals surface area contributed by atoms with E-state index >= 15 is 0 Å². The van der Waals surface area contributed by atoms with E-state index in [1.165, 1.54) is 0 Å². The number of halogens is 1. The molecule has 0 fully saturated rings. The Balaban J connectivity index is 2.35. The van der Waals surface area contributed by atoms with Gasteiger partial charge in [-0.2, -0.15) is 5.26 Å². The number of nitrogens with zero attached hydrogens (tertiary/aromatic N) is 1. The van der Waals surface area contributed by atoms with Crippen molar-refractivity contribution >= 4 is 28.9 Å². The Hall–Kier alpha value is -2.51. The Morgan fingerprint density at radius 2 is 1.95 bits per heavy atom. The fourth-order valence-electron chi connectivity index (χ4n) is 1.97. The Morgan fingerprint density at radius 3 is 2.62 bits per heavy atom. The van der Waals surface area contributed by atoms with E-state index in [1.807, 2.05) is 25.1 Å². The van der Waals surface area contributed by atoms with Crippen LogP contribution in [-0.2, 0) is 0 Å². The van der Waals surface area contributed by atoms with Gasteiger partial charge in [0.25, 0.3) is 5.91 Å². The van der Waals surface area contributed by atoms with Gasteiger partial charge in [-0.25, -0.2) is 0 Å². The van der Waals surface area contributed by atoms with Crippen LogP contribution in [-0.4, -0.2) is 13.0 Å². The Morgan fingerprint density at radius 1 is 1.19 bits per heavy atom. The second-order valence-corrected chi connectivity index (χ2v) is 4.99. The van der Waals surface area contributed by atoms with Crippen molar-refractivity contribution in [2.45, 2.75) is 6.92 Å². The second-order valence-electron chi connectivity index (χ2n) is 4.55. The number of anilines is 2. The third-order valence-corrected chi connectivity index (χ3v) is 3.27. The van der Waals surface area contributed by atoms with Gasteiger partial charge >= 0.3 is 0 Å². The number of hydrogen-bond acceptors (Lipinski definition) is 3. The number of nitrogens with one attached hydrogen (secondary N) is 2. The van der Waals surface area contributed by atoms with Crippen LogP contribution in [0.15, 0.2) is 36.4 Å². The van der Waals surface area contributed by atoms with E-state index in [4.69, 9.17) is 16.9 Å². The number of carbonyl (C=O) groups excluding carboxylic acids is 1. The molecule has 21 heavy (non-hydrogen) atoms. The topological polar surface area (TPSA) is 64.9 Å². The SMILES string of the molecule is CNc1cc(C)ccc1C(=O)Nc1cc(Cl)ccc1C#N. The summed E-state index contributed by atoms with van der Waals surface area (Å²) in [6.07, 6.45) is 0. The van der Waals surface area contributed by atoms with Crippen LogP contribution in [0.1, 0.15) is 21.5 Å². The monoisotopic (exact) mass is 299 g/mol. The highest BCUT2D eigenvalue weighted by Crippen LogP contribution is 2.23. The molecule has 0 unspecified atom stereocenters. The molecule has 2 aromatic rings. The fraction of sp³-hybridized carbons (Fsp3) is 0.125. The van der Waals surface area contributed by atoms with Crippen LogP contribution in [0.2, 0.25) is 5.02 Å². The zero-order chi connectivity index (χ0) is 15.4. The van der Waals surface area contributed by atoms with Gasteiger partial charge in [0.1, 0.15) is 6.07 Å². The van der Waals surface area contributed by atoms with Crippen LogP contribution >= 0.6 is 11.6 Å². The first kappa shape index (κ1) is 14.9. The molecular formula is C16H14ClN3O. The van der Waals surface area contributed by atoms with Gasteiger partial charge in [-0.3, -0.25) is 4.79 Å². The molecule has 0 atom stereocenters. The van der Waals surface area contributed by atoms with Gasteiger partial charge in [0.2, 0.25) is 0 Å². The quantitative estimate of drug-likeness (QED) is 0.905. The minimum absolute atomic E-state index is 0.293. The summed E-state index contributed by atoms with van der Waals surface area (Å²) < 4.78 is 0. The van der Waals surface area contributed by atoms with Crippen molar-refractivity contribution < 1.29 is 4.79 Å². The minimum atomic E-state index is -0.293. The second kappa shape index (κ2) is 6.29. The molecule has 0 spiro atoms. The van der Waals surface area contributed by atoms with E-state index in [0.717, 1.165) is 11.3 Å². The van der Waals surface area contributed by atoms with Gasteiger partial charge in [-0.15, -0.1) is 0 Å². The third kappa shape index (κ3) is 3.33. The molecule has 2 rings (SSSR count). The molecule has 0 radical (unpaired) electrons. The van der Waals surface area contributed by atoms with Crippen molar-refractivity contribution in [3.63, 3.8) is 0 Å². The molecule has 0 saturated carbocycles. The molecule has 0 bridgehead atoms. The molecule has 0 aliphatic rings. The molecule has 5 heteroatoms. The first-order chi connectivity index (χ1) is 10.0. The van der Waals surface area contributed by atoms with Crippen LogP contribution in [0.4, 0.5) is 11.4 Å². The van der Waals surface area contributed by atoms with Crippen LogP contribution < -0.4 is 10.6 Å². The number of hydrogen-bond donors (Lipinski definition) is 2. The van der Waals surface area contributed by atoms with E-state index < -0.39 is 0 Å².